The third-order valence-corrected chi connectivity index (χ3v) is 4.88. The molecule has 6 heteroatoms. The zero-order valence-electron chi connectivity index (χ0n) is 9.41. The van der Waals surface area contributed by atoms with Crippen LogP contribution in [0.2, 0.25) is 0 Å². The normalized spacial score (nSPS) is 25.9. The SMILES string of the molecule is C[C@@]1(C=O)[CH]CCN1S(=O)(=O)c1cccnc1. The summed E-state index contributed by atoms with van der Waals surface area (Å²) >= 11 is 0. The molecule has 1 radical (unpaired) electrons. The summed E-state index contributed by atoms with van der Waals surface area (Å²) in [7, 11) is -3.65. The van der Waals surface area contributed by atoms with Crippen LogP contribution in [0.1, 0.15) is 13.3 Å². The zero-order chi connectivity index (χ0) is 12.5. The molecule has 17 heavy (non-hydrogen) atoms. The highest BCUT2D eigenvalue weighted by molar-refractivity contribution is 7.89. The largest absolute Gasteiger partial charge is 0.301 e. The molecule has 1 aliphatic heterocycles. The van der Waals surface area contributed by atoms with Gasteiger partial charge in [0.05, 0.1) is 5.54 Å². The quantitative estimate of drug-likeness (QED) is 0.741. The lowest BCUT2D eigenvalue weighted by atomic mass is 10.0. The van der Waals surface area contributed by atoms with E-state index >= 15 is 0 Å². The second-order valence-corrected chi connectivity index (χ2v) is 5.96. The zero-order valence-corrected chi connectivity index (χ0v) is 10.2. The molecule has 0 aliphatic carbocycles. The van der Waals surface area contributed by atoms with Crippen LogP contribution in [-0.4, -0.2) is 36.1 Å². The minimum absolute atomic E-state index is 0.114. The Morgan fingerprint density at radius 2 is 2.29 bits per heavy atom. The van der Waals surface area contributed by atoms with Crippen molar-refractivity contribution in [2.24, 2.45) is 0 Å². The maximum absolute atomic E-state index is 12.3. The maximum atomic E-state index is 12.3. The van der Waals surface area contributed by atoms with Gasteiger partial charge in [-0.3, -0.25) is 4.98 Å². The standard InChI is InChI=1S/C11H13N2O3S/c1-11(9-14)5-3-7-13(11)17(15,16)10-4-2-6-12-8-10/h2,4-6,8-9H,3,7H2,1H3/t11-/m0/s1. The van der Waals surface area contributed by atoms with E-state index in [9.17, 15) is 13.2 Å². The number of hydrogen-bond donors (Lipinski definition) is 0. The molecule has 0 saturated carbocycles. The first-order valence-electron chi connectivity index (χ1n) is 5.24. The highest BCUT2D eigenvalue weighted by Gasteiger charge is 2.44. The second kappa shape index (κ2) is 4.19. The Bertz CT molecular complexity index is 515. The van der Waals surface area contributed by atoms with E-state index in [1.54, 1.807) is 19.4 Å². The van der Waals surface area contributed by atoms with Crippen molar-refractivity contribution in [2.45, 2.75) is 23.8 Å². The van der Waals surface area contributed by atoms with Crippen LogP contribution in [0.15, 0.2) is 29.4 Å². The van der Waals surface area contributed by atoms with Crippen molar-refractivity contribution in [3.8, 4) is 0 Å². The van der Waals surface area contributed by atoms with Crippen molar-refractivity contribution in [1.29, 1.82) is 0 Å². The van der Waals surface area contributed by atoms with Gasteiger partial charge < -0.3 is 4.79 Å². The molecule has 91 valence electrons. The number of carbonyl (C=O) groups excluding carboxylic acids is 1. The summed E-state index contributed by atoms with van der Waals surface area (Å²) in [6, 6.07) is 3.04. The fourth-order valence-electron chi connectivity index (χ4n) is 1.93. The van der Waals surface area contributed by atoms with Crippen LogP contribution in [0.4, 0.5) is 0 Å². The number of aromatic nitrogens is 1. The molecule has 1 aromatic heterocycles. The maximum Gasteiger partial charge on any atom is 0.245 e. The number of carbonyl (C=O) groups is 1. The molecule has 0 aromatic carbocycles. The van der Waals surface area contributed by atoms with Crippen LogP contribution < -0.4 is 0 Å². The highest BCUT2D eigenvalue weighted by atomic mass is 32.2. The first kappa shape index (κ1) is 12.2. The van der Waals surface area contributed by atoms with Crippen molar-refractivity contribution < 1.29 is 13.2 Å². The van der Waals surface area contributed by atoms with E-state index in [1.165, 1.54) is 22.8 Å². The minimum atomic E-state index is -3.65. The third-order valence-electron chi connectivity index (χ3n) is 2.89. The van der Waals surface area contributed by atoms with Gasteiger partial charge in [-0.05, 0) is 31.9 Å². The summed E-state index contributed by atoms with van der Waals surface area (Å²) in [6.07, 6.45) is 5.75. The third kappa shape index (κ3) is 1.98. The Kier molecular flexibility index (Phi) is 3.01. The lowest BCUT2D eigenvalue weighted by Crippen LogP contribution is -2.46. The van der Waals surface area contributed by atoms with Crippen LogP contribution in [0.25, 0.3) is 0 Å². The van der Waals surface area contributed by atoms with Gasteiger partial charge in [0.25, 0.3) is 0 Å². The van der Waals surface area contributed by atoms with Gasteiger partial charge in [-0.25, -0.2) is 8.42 Å². The Hall–Kier alpha value is -1.27. The van der Waals surface area contributed by atoms with Crippen molar-refractivity contribution in [3.05, 3.63) is 30.9 Å². The van der Waals surface area contributed by atoms with Crippen LogP contribution in [0.5, 0.6) is 0 Å². The number of hydrogen-bond acceptors (Lipinski definition) is 4. The van der Waals surface area contributed by atoms with E-state index in [0.29, 0.717) is 19.3 Å². The fraction of sp³-hybridized carbons (Fsp3) is 0.364. The predicted molar refractivity (Wildman–Crippen MR) is 61.5 cm³/mol. The van der Waals surface area contributed by atoms with Crippen LogP contribution >= 0.6 is 0 Å². The van der Waals surface area contributed by atoms with Crippen LogP contribution in [0, 0.1) is 6.42 Å². The Labute approximate surface area is 101 Å². The second-order valence-electron chi connectivity index (χ2n) is 4.10. The average molecular weight is 253 g/mol. The number of rotatable bonds is 3. The molecule has 2 rings (SSSR count). The average Bonchev–Trinajstić information content (AvgIpc) is 2.74. The molecule has 0 N–H and O–H groups in total. The van der Waals surface area contributed by atoms with Gasteiger partial charge >= 0.3 is 0 Å². The monoisotopic (exact) mass is 253 g/mol. The molecule has 0 amide bonds. The van der Waals surface area contributed by atoms with Gasteiger partial charge in [-0.15, -0.1) is 0 Å². The summed E-state index contributed by atoms with van der Waals surface area (Å²) in [6.45, 7) is 1.92. The number of nitrogens with zero attached hydrogens (tertiary/aromatic N) is 2. The van der Waals surface area contributed by atoms with E-state index < -0.39 is 15.6 Å². The summed E-state index contributed by atoms with van der Waals surface area (Å²) in [5.41, 5.74) is -1.05. The molecule has 1 aliphatic rings. The van der Waals surface area contributed by atoms with Crippen molar-refractivity contribution in [2.75, 3.05) is 6.54 Å². The van der Waals surface area contributed by atoms with Gasteiger partial charge in [-0.2, -0.15) is 4.31 Å². The van der Waals surface area contributed by atoms with Gasteiger partial charge in [0.15, 0.2) is 0 Å². The van der Waals surface area contributed by atoms with E-state index in [2.05, 4.69) is 4.98 Å². The highest BCUT2D eigenvalue weighted by Crippen LogP contribution is 2.31. The summed E-state index contributed by atoms with van der Waals surface area (Å²) in [5.74, 6) is 0. The summed E-state index contributed by atoms with van der Waals surface area (Å²) in [4.78, 5) is 15.0. The lowest BCUT2D eigenvalue weighted by molar-refractivity contribution is -0.113. The summed E-state index contributed by atoms with van der Waals surface area (Å²) in [5, 5.41) is 0. The number of pyridine rings is 1. The molecule has 1 saturated heterocycles. The van der Waals surface area contributed by atoms with E-state index in [-0.39, 0.29) is 4.90 Å². The lowest BCUT2D eigenvalue weighted by Gasteiger charge is -2.28. The van der Waals surface area contributed by atoms with Crippen molar-refractivity contribution in [3.63, 3.8) is 0 Å². The molecular weight excluding hydrogens is 240 g/mol. The Morgan fingerprint density at radius 1 is 1.53 bits per heavy atom. The number of sulfonamides is 1. The molecule has 1 aromatic rings. The predicted octanol–water partition coefficient (Wildman–Crippen LogP) is 0.638. The Balaban J connectivity index is 2.44. The topological polar surface area (TPSA) is 67.3 Å². The first-order chi connectivity index (χ1) is 8.00. The number of aldehydes is 1. The Morgan fingerprint density at radius 3 is 2.88 bits per heavy atom. The van der Waals surface area contributed by atoms with Gasteiger partial charge in [0.2, 0.25) is 10.0 Å². The molecule has 1 fully saturated rings. The first-order valence-corrected chi connectivity index (χ1v) is 6.68. The molecule has 0 bridgehead atoms. The molecule has 0 spiro atoms. The van der Waals surface area contributed by atoms with Gasteiger partial charge in [-0.1, -0.05) is 0 Å². The molecule has 5 nitrogen and oxygen atoms in total. The molecule has 2 heterocycles. The van der Waals surface area contributed by atoms with Gasteiger partial charge in [0.1, 0.15) is 11.2 Å². The molecule has 1 atom stereocenters. The van der Waals surface area contributed by atoms with Crippen molar-refractivity contribution >= 4 is 16.3 Å². The van der Waals surface area contributed by atoms with E-state index in [4.69, 9.17) is 0 Å². The summed E-state index contributed by atoms with van der Waals surface area (Å²) < 4.78 is 25.8. The van der Waals surface area contributed by atoms with Crippen LogP contribution in [0.3, 0.4) is 0 Å². The van der Waals surface area contributed by atoms with Gasteiger partial charge in [0, 0.05) is 18.9 Å². The molecule has 0 unspecified atom stereocenters. The van der Waals surface area contributed by atoms with E-state index in [0.717, 1.165) is 0 Å². The molecular formula is C11H13N2O3S. The van der Waals surface area contributed by atoms with Crippen LogP contribution in [-0.2, 0) is 14.8 Å². The smallest absolute Gasteiger partial charge is 0.245 e. The van der Waals surface area contributed by atoms with Crippen molar-refractivity contribution in [1.82, 2.24) is 9.29 Å². The minimum Gasteiger partial charge on any atom is -0.301 e. The fourth-order valence-corrected chi connectivity index (χ4v) is 3.61. The van der Waals surface area contributed by atoms with E-state index in [1.807, 2.05) is 0 Å².